The first kappa shape index (κ1) is 19.5. The average Bonchev–Trinajstić information content (AvgIpc) is 2.68. The molecule has 0 spiro atoms. The number of aryl methyl sites for hydroxylation is 3. The van der Waals surface area contributed by atoms with Crippen molar-refractivity contribution in [3.05, 3.63) is 86.2 Å². The molecule has 2 heterocycles. The summed E-state index contributed by atoms with van der Waals surface area (Å²) in [7, 11) is 0. The molecule has 0 bridgehead atoms. The molecule has 2 aromatic carbocycles. The third kappa shape index (κ3) is 4.12. The van der Waals surface area contributed by atoms with Crippen LogP contribution in [0.4, 0.5) is 5.82 Å². The van der Waals surface area contributed by atoms with E-state index in [1.165, 1.54) is 17.3 Å². The van der Waals surface area contributed by atoms with E-state index in [0.717, 1.165) is 22.3 Å². The first-order valence-corrected chi connectivity index (χ1v) is 10.6. The molecular formula is C23H23N3O2S. The monoisotopic (exact) mass is 405 g/mol. The minimum Gasteiger partial charge on any atom is -0.310 e. The van der Waals surface area contributed by atoms with Gasteiger partial charge < -0.3 is 10.3 Å². The van der Waals surface area contributed by atoms with Crippen LogP contribution in [0.15, 0.2) is 52.4 Å². The van der Waals surface area contributed by atoms with Gasteiger partial charge in [-0.2, -0.15) is 0 Å². The maximum absolute atomic E-state index is 13.0. The molecule has 0 fully saturated rings. The number of carbonyl (C=O) groups excluding carboxylic acids is 1. The second kappa shape index (κ2) is 7.87. The van der Waals surface area contributed by atoms with Crippen molar-refractivity contribution in [1.82, 2.24) is 9.97 Å². The van der Waals surface area contributed by atoms with E-state index in [9.17, 15) is 9.59 Å². The van der Waals surface area contributed by atoms with E-state index in [-0.39, 0.29) is 23.8 Å². The third-order valence-corrected chi connectivity index (χ3v) is 6.18. The average molecular weight is 406 g/mol. The second-order valence-corrected chi connectivity index (χ2v) is 8.54. The lowest BCUT2D eigenvalue weighted by molar-refractivity contribution is -0.116. The van der Waals surface area contributed by atoms with E-state index in [1.54, 1.807) is 0 Å². The highest BCUT2D eigenvalue weighted by molar-refractivity contribution is 7.98. The maximum Gasteiger partial charge on any atom is 0.257 e. The Balaban J connectivity index is 1.67. The van der Waals surface area contributed by atoms with Crippen LogP contribution in [0.3, 0.4) is 0 Å². The number of aromatic amines is 1. The van der Waals surface area contributed by atoms with Crippen molar-refractivity contribution in [1.29, 1.82) is 0 Å². The number of hydrogen-bond donors (Lipinski definition) is 2. The van der Waals surface area contributed by atoms with Crippen molar-refractivity contribution in [3.8, 4) is 0 Å². The van der Waals surface area contributed by atoms with Gasteiger partial charge in [-0.15, -0.1) is 0 Å². The van der Waals surface area contributed by atoms with Crippen LogP contribution in [0.2, 0.25) is 0 Å². The van der Waals surface area contributed by atoms with Crippen molar-refractivity contribution in [3.63, 3.8) is 0 Å². The number of hydrogen-bond acceptors (Lipinski definition) is 4. The fraction of sp³-hybridized carbons (Fsp3) is 0.261. The summed E-state index contributed by atoms with van der Waals surface area (Å²) >= 11 is 1.45. The van der Waals surface area contributed by atoms with Gasteiger partial charge in [0, 0.05) is 18.1 Å². The summed E-state index contributed by atoms with van der Waals surface area (Å²) in [4.78, 5) is 32.8. The molecule has 1 atom stereocenters. The van der Waals surface area contributed by atoms with E-state index in [2.05, 4.69) is 52.5 Å². The molecule has 0 unspecified atom stereocenters. The number of fused-ring (bicyclic) bond motifs is 1. The quantitative estimate of drug-likeness (QED) is 0.496. The summed E-state index contributed by atoms with van der Waals surface area (Å²) < 4.78 is 0. The Hall–Kier alpha value is -2.86. The van der Waals surface area contributed by atoms with Crippen LogP contribution in [-0.2, 0) is 10.5 Å². The zero-order valence-electron chi connectivity index (χ0n) is 16.7. The number of H-pyrrole nitrogens is 1. The largest absolute Gasteiger partial charge is 0.310 e. The Labute approximate surface area is 174 Å². The summed E-state index contributed by atoms with van der Waals surface area (Å²) in [5.74, 6) is 0.667. The van der Waals surface area contributed by atoms with Gasteiger partial charge in [0.25, 0.3) is 5.56 Å². The van der Waals surface area contributed by atoms with Gasteiger partial charge in [0.15, 0.2) is 5.16 Å². The lowest BCUT2D eigenvalue weighted by Gasteiger charge is -2.26. The van der Waals surface area contributed by atoms with Crippen LogP contribution in [0, 0.1) is 20.8 Å². The maximum atomic E-state index is 13.0. The number of thioether (sulfide) groups is 1. The van der Waals surface area contributed by atoms with Crippen molar-refractivity contribution in [2.24, 2.45) is 0 Å². The topological polar surface area (TPSA) is 74.8 Å². The van der Waals surface area contributed by atoms with Gasteiger partial charge in [0.2, 0.25) is 5.91 Å². The standard InChI is InChI=1S/C23H23N3O2S/c1-13-5-8-16(9-6-13)12-29-23-25-21-20(22(28)26-23)18(11-19(27)24-21)17-10-14(2)4-7-15(17)3/h4-10,18H,11-12H2,1-3H3,(H2,24,25,26,27,28)/t18-/m0/s1. The minimum atomic E-state index is -0.286. The van der Waals surface area contributed by atoms with Crippen molar-refractivity contribution in [2.45, 2.75) is 44.0 Å². The number of carbonyl (C=O) groups is 1. The number of nitrogens with one attached hydrogen (secondary N) is 2. The zero-order valence-corrected chi connectivity index (χ0v) is 17.5. The summed E-state index contributed by atoms with van der Waals surface area (Å²) in [6.07, 6.45) is 0.248. The molecule has 1 amide bonds. The summed E-state index contributed by atoms with van der Waals surface area (Å²) in [5.41, 5.74) is 5.89. The number of anilines is 1. The first-order chi connectivity index (χ1) is 13.9. The summed E-state index contributed by atoms with van der Waals surface area (Å²) in [5, 5.41) is 3.31. The first-order valence-electron chi connectivity index (χ1n) is 9.60. The van der Waals surface area contributed by atoms with E-state index in [4.69, 9.17) is 0 Å². The highest BCUT2D eigenvalue weighted by atomic mass is 32.2. The van der Waals surface area contributed by atoms with E-state index < -0.39 is 0 Å². The Bertz CT molecular complexity index is 1140. The Morgan fingerprint density at radius 2 is 1.76 bits per heavy atom. The highest BCUT2D eigenvalue weighted by Crippen LogP contribution is 2.36. The van der Waals surface area contributed by atoms with Crippen LogP contribution in [-0.4, -0.2) is 15.9 Å². The molecule has 3 aromatic rings. The van der Waals surface area contributed by atoms with Crippen LogP contribution in [0.25, 0.3) is 0 Å². The SMILES string of the molecule is Cc1ccc(CSc2nc3c(c(=O)[nH]2)[C@H](c2cc(C)ccc2C)CC(=O)N3)cc1. The molecule has 4 rings (SSSR count). The van der Waals surface area contributed by atoms with Gasteiger partial charge in [-0.25, -0.2) is 4.98 Å². The predicted molar refractivity (Wildman–Crippen MR) is 117 cm³/mol. The van der Waals surface area contributed by atoms with Gasteiger partial charge in [-0.3, -0.25) is 9.59 Å². The summed E-state index contributed by atoms with van der Waals surface area (Å²) in [6.45, 7) is 6.07. The smallest absolute Gasteiger partial charge is 0.257 e. The Kier molecular flexibility index (Phi) is 5.28. The molecule has 1 aliphatic rings. The zero-order chi connectivity index (χ0) is 20.5. The second-order valence-electron chi connectivity index (χ2n) is 7.57. The normalized spacial score (nSPS) is 15.7. The van der Waals surface area contributed by atoms with Gasteiger partial charge in [-0.05, 0) is 37.5 Å². The Morgan fingerprint density at radius 1 is 1.03 bits per heavy atom. The lowest BCUT2D eigenvalue weighted by atomic mass is 9.84. The van der Waals surface area contributed by atoms with Crippen molar-refractivity contribution >= 4 is 23.5 Å². The van der Waals surface area contributed by atoms with E-state index in [0.29, 0.717) is 22.3 Å². The lowest BCUT2D eigenvalue weighted by Crippen LogP contribution is -2.31. The molecule has 1 aliphatic heterocycles. The number of aromatic nitrogens is 2. The number of amides is 1. The minimum absolute atomic E-state index is 0.115. The van der Waals surface area contributed by atoms with Crippen LogP contribution >= 0.6 is 11.8 Å². The fourth-order valence-electron chi connectivity index (χ4n) is 3.66. The summed E-state index contributed by atoms with van der Waals surface area (Å²) in [6, 6.07) is 14.4. The van der Waals surface area contributed by atoms with Crippen LogP contribution < -0.4 is 10.9 Å². The van der Waals surface area contributed by atoms with E-state index in [1.807, 2.05) is 26.0 Å². The van der Waals surface area contributed by atoms with Gasteiger partial charge >= 0.3 is 0 Å². The van der Waals surface area contributed by atoms with Crippen LogP contribution in [0.5, 0.6) is 0 Å². The number of nitrogens with zero attached hydrogens (tertiary/aromatic N) is 1. The van der Waals surface area contributed by atoms with Gasteiger partial charge in [0.05, 0.1) is 5.56 Å². The van der Waals surface area contributed by atoms with E-state index >= 15 is 0 Å². The molecule has 1 aromatic heterocycles. The predicted octanol–water partition coefficient (Wildman–Crippen LogP) is 4.46. The third-order valence-electron chi connectivity index (χ3n) is 5.24. The molecule has 29 heavy (non-hydrogen) atoms. The molecule has 0 saturated heterocycles. The molecule has 2 N–H and O–H groups in total. The molecule has 0 radical (unpaired) electrons. The molecule has 6 heteroatoms. The number of benzene rings is 2. The molecule has 0 aliphatic carbocycles. The highest BCUT2D eigenvalue weighted by Gasteiger charge is 2.31. The fourth-order valence-corrected chi connectivity index (χ4v) is 4.47. The van der Waals surface area contributed by atoms with Crippen LogP contribution in [0.1, 0.15) is 45.7 Å². The molecule has 148 valence electrons. The molecule has 5 nitrogen and oxygen atoms in total. The Morgan fingerprint density at radius 3 is 2.52 bits per heavy atom. The van der Waals surface area contributed by atoms with Crippen molar-refractivity contribution < 1.29 is 4.79 Å². The van der Waals surface area contributed by atoms with Crippen molar-refractivity contribution in [2.75, 3.05) is 5.32 Å². The number of rotatable bonds is 4. The van der Waals surface area contributed by atoms with Gasteiger partial charge in [0.1, 0.15) is 5.82 Å². The van der Waals surface area contributed by atoms with Gasteiger partial charge in [-0.1, -0.05) is 65.4 Å². The molecular weight excluding hydrogens is 382 g/mol. The molecule has 0 saturated carbocycles.